The van der Waals surface area contributed by atoms with Gasteiger partial charge in [-0.1, -0.05) is 6.07 Å². The molecule has 0 radical (unpaired) electrons. The highest BCUT2D eigenvalue weighted by Gasteiger charge is 2.45. The maximum Gasteiger partial charge on any atom is 0.262 e. The van der Waals surface area contributed by atoms with E-state index in [2.05, 4.69) is 15.5 Å². The molecule has 0 aromatic heterocycles. The Bertz CT molecular complexity index is 947. The summed E-state index contributed by atoms with van der Waals surface area (Å²) in [6.45, 7) is 1.56. The first-order chi connectivity index (χ1) is 14.5. The van der Waals surface area contributed by atoms with Crippen LogP contribution in [0.2, 0.25) is 0 Å². The van der Waals surface area contributed by atoms with E-state index in [0.717, 1.165) is 29.8 Å². The van der Waals surface area contributed by atoms with Crippen molar-refractivity contribution in [1.29, 1.82) is 0 Å². The maximum atomic E-state index is 13.0. The predicted octanol–water partition coefficient (Wildman–Crippen LogP) is -0.615. The van der Waals surface area contributed by atoms with E-state index in [-0.39, 0.29) is 37.4 Å². The Balaban J connectivity index is 1.38. The van der Waals surface area contributed by atoms with Crippen molar-refractivity contribution >= 4 is 23.6 Å². The van der Waals surface area contributed by atoms with Gasteiger partial charge in [0, 0.05) is 37.6 Å². The van der Waals surface area contributed by atoms with Gasteiger partial charge in [0.2, 0.25) is 11.8 Å². The van der Waals surface area contributed by atoms with Gasteiger partial charge in [-0.25, -0.2) is 0 Å². The van der Waals surface area contributed by atoms with Crippen LogP contribution in [0.5, 0.6) is 0 Å². The lowest BCUT2D eigenvalue weighted by Crippen LogP contribution is -2.58. The second-order valence-corrected chi connectivity index (χ2v) is 8.50. The molecule has 9 nitrogen and oxygen atoms in total. The molecule has 0 aliphatic carbocycles. The molecule has 0 saturated carbocycles. The molecule has 4 atom stereocenters. The van der Waals surface area contributed by atoms with Gasteiger partial charge in [-0.3, -0.25) is 34.3 Å². The molecule has 158 valence electrons. The summed E-state index contributed by atoms with van der Waals surface area (Å²) < 4.78 is 0. The number of rotatable bonds is 4. The fraction of sp³-hybridized carbons (Fsp3) is 0.524. The molecule has 4 aliphatic heterocycles. The van der Waals surface area contributed by atoms with Crippen molar-refractivity contribution in [2.45, 2.75) is 56.4 Å². The van der Waals surface area contributed by atoms with E-state index in [1.165, 1.54) is 0 Å². The zero-order valence-corrected chi connectivity index (χ0v) is 16.5. The Hall–Kier alpha value is -2.62. The number of benzene rings is 1. The summed E-state index contributed by atoms with van der Waals surface area (Å²) in [4.78, 5) is 52.8. The van der Waals surface area contributed by atoms with Crippen molar-refractivity contribution in [3.63, 3.8) is 0 Å². The van der Waals surface area contributed by atoms with Crippen molar-refractivity contribution in [2.24, 2.45) is 0 Å². The fourth-order valence-electron chi connectivity index (χ4n) is 5.30. The first-order valence-corrected chi connectivity index (χ1v) is 10.4. The minimum atomic E-state index is -0.951. The van der Waals surface area contributed by atoms with Crippen molar-refractivity contribution in [3.05, 3.63) is 34.9 Å². The van der Waals surface area contributed by atoms with Crippen LogP contribution in [-0.2, 0) is 16.1 Å². The Morgan fingerprint density at radius 3 is 2.60 bits per heavy atom. The molecule has 4 heterocycles. The molecule has 3 saturated heterocycles. The highest BCUT2D eigenvalue weighted by Crippen LogP contribution is 2.33. The number of piperidine rings is 1. The number of aliphatic hydroxyl groups excluding tert-OH is 1. The number of carbonyl (C=O) groups excluding carboxylic acids is 4. The average molecular weight is 412 g/mol. The lowest BCUT2D eigenvalue weighted by molar-refractivity contribution is -0.136. The van der Waals surface area contributed by atoms with Crippen LogP contribution in [-0.4, -0.2) is 75.9 Å². The summed E-state index contributed by atoms with van der Waals surface area (Å²) in [5.74, 6) is -1.96. The molecule has 30 heavy (non-hydrogen) atoms. The molecular weight excluding hydrogens is 388 g/mol. The summed E-state index contributed by atoms with van der Waals surface area (Å²) >= 11 is 0. The van der Waals surface area contributed by atoms with E-state index in [1.807, 2.05) is 6.07 Å². The molecule has 1 aromatic rings. The molecule has 9 heteroatoms. The number of nitrogens with zero attached hydrogens (tertiary/aromatic N) is 2. The van der Waals surface area contributed by atoms with Gasteiger partial charge in [0.15, 0.2) is 0 Å². The van der Waals surface area contributed by atoms with Crippen molar-refractivity contribution < 1.29 is 24.3 Å². The second-order valence-electron chi connectivity index (χ2n) is 8.50. The molecule has 3 fully saturated rings. The lowest BCUT2D eigenvalue weighted by Gasteiger charge is -2.40. The Morgan fingerprint density at radius 2 is 1.83 bits per heavy atom. The number of amides is 4. The average Bonchev–Trinajstić information content (AvgIpc) is 3.12. The molecule has 4 amide bonds. The van der Waals surface area contributed by atoms with Gasteiger partial charge in [0.1, 0.15) is 6.04 Å². The van der Waals surface area contributed by atoms with Crippen LogP contribution in [0.25, 0.3) is 0 Å². The SMILES string of the molecule is O=C1CCC(N2C(=O)c3ccc(CN4C5CCC4C(CO)NC5)cc3C2=O)C(=O)N1. The number of carbonyl (C=O) groups is 4. The van der Waals surface area contributed by atoms with Crippen molar-refractivity contribution in [2.75, 3.05) is 13.2 Å². The number of nitrogens with one attached hydrogen (secondary N) is 2. The van der Waals surface area contributed by atoms with Gasteiger partial charge in [0.25, 0.3) is 11.8 Å². The summed E-state index contributed by atoms with van der Waals surface area (Å²) in [5, 5.41) is 15.2. The summed E-state index contributed by atoms with van der Waals surface area (Å²) in [6.07, 6.45) is 2.34. The second kappa shape index (κ2) is 7.26. The monoisotopic (exact) mass is 412 g/mol. The number of hydrogen-bond donors (Lipinski definition) is 3. The van der Waals surface area contributed by atoms with Crippen LogP contribution in [0.15, 0.2) is 18.2 Å². The minimum absolute atomic E-state index is 0.0457. The van der Waals surface area contributed by atoms with Crippen LogP contribution in [0.4, 0.5) is 0 Å². The number of fused-ring (bicyclic) bond motifs is 3. The van der Waals surface area contributed by atoms with Crippen LogP contribution < -0.4 is 10.6 Å². The van der Waals surface area contributed by atoms with Gasteiger partial charge in [-0.2, -0.15) is 0 Å². The third-order valence-corrected chi connectivity index (χ3v) is 6.84. The largest absolute Gasteiger partial charge is 0.395 e. The zero-order chi connectivity index (χ0) is 21.0. The molecule has 0 spiro atoms. The number of imide groups is 2. The normalized spacial score (nSPS) is 31.3. The summed E-state index contributed by atoms with van der Waals surface area (Å²) in [5.41, 5.74) is 1.53. The van der Waals surface area contributed by atoms with Crippen LogP contribution in [0, 0.1) is 0 Å². The van der Waals surface area contributed by atoms with Crippen molar-refractivity contribution in [3.8, 4) is 0 Å². The molecule has 1 aromatic carbocycles. The van der Waals surface area contributed by atoms with E-state index in [9.17, 15) is 24.3 Å². The van der Waals surface area contributed by atoms with Gasteiger partial charge < -0.3 is 10.4 Å². The standard InChI is InChI=1S/C21H24N4O5/c26-10-15-16-4-2-12(8-22-15)24(16)9-11-1-3-13-14(7-11)21(30)25(20(13)29)17-5-6-18(27)23-19(17)28/h1,3,7,12,15-17,22,26H,2,4-6,8-10H2,(H,23,27,28). The fourth-order valence-corrected chi connectivity index (χ4v) is 5.30. The summed E-state index contributed by atoms with van der Waals surface area (Å²) in [6, 6.07) is 4.99. The first kappa shape index (κ1) is 19.3. The number of hydrogen-bond acceptors (Lipinski definition) is 7. The molecule has 5 rings (SSSR count). The Morgan fingerprint density at radius 1 is 1.03 bits per heavy atom. The topological polar surface area (TPSA) is 119 Å². The smallest absolute Gasteiger partial charge is 0.262 e. The third-order valence-electron chi connectivity index (χ3n) is 6.84. The van der Waals surface area contributed by atoms with Crippen LogP contribution >= 0.6 is 0 Å². The van der Waals surface area contributed by atoms with Gasteiger partial charge in [-0.15, -0.1) is 0 Å². The minimum Gasteiger partial charge on any atom is -0.395 e. The van der Waals surface area contributed by atoms with E-state index in [0.29, 0.717) is 23.7 Å². The Kier molecular flexibility index (Phi) is 4.68. The molecule has 2 bridgehead atoms. The van der Waals surface area contributed by atoms with E-state index in [4.69, 9.17) is 0 Å². The van der Waals surface area contributed by atoms with Gasteiger partial charge >= 0.3 is 0 Å². The maximum absolute atomic E-state index is 13.0. The molecule has 4 unspecified atom stereocenters. The number of piperazine rings is 1. The van der Waals surface area contributed by atoms with E-state index < -0.39 is 23.8 Å². The third kappa shape index (κ3) is 2.96. The molecular formula is C21H24N4O5. The number of aliphatic hydroxyl groups is 1. The van der Waals surface area contributed by atoms with E-state index >= 15 is 0 Å². The van der Waals surface area contributed by atoms with Crippen molar-refractivity contribution in [1.82, 2.24) is 20.4 Å². The van der Waals surface area contributed by atoms with Crippen LogP contribution in [0.3, 0.4) is 0 Å². The van der Waals surface area contributed by atoms with Gasteiger partial charge in [-0.05, 0) is 37.0 Å². The predicted molar refractivity (Wildman–Crippen MR) is 104 cm³/mol. The van der Waals surface area contributed by atoms with Crippen LogP contribution in [0.1, 0.15) is 52.0 Å². The van der Waals surface area contributed by atoms with Gasteiger partial charge in [0.05, 0.1) is 17.7 Å². The highest BCUT2D eigenvalue weighted by atomic mass is 16.3. The zero-order valence-electron chi connectivity index (χ0n) is 16.5. The lowest BCUT2D eigenvalue weighted by atomic mass is 10.0. The molecule has 3 N–H and O–H groups in total. The Labute approximate surface area is 173 Å². The van der Waals surface area contributed by atoms with E-state index in [1.54, 1.807) is 12.1 Å². The quantitative estimate of drug-likeness (QED) is 0.564. The molecule has 4 aliphatic rings. The summed E-state index contributed by atoms with van der Waals surface area (Å²) in [7, 11) is 0. The first-order valence-electron chi connectivity index (χ1n) is 10.4. The highest BCUT2D eigenvalue weighted by molar-refractivity contribution is 6.23.